The van der Waals surface area contributed by atoms with Crippen molar-refractivity contribution in [3.8, 4) is 0 Å². The Morgan fingerprint density at radius 3 is 2.57 bits per heavy atom. The number of fused-ring (bicyclic) bond motifs is 1. The van der Waals surface area contributed by atoms with Crippen molar-refractivity contribution in [2.24, 2.45) is 11.8 Å². The Hall–Kier alpha value is -1.02. The molecule has 2 aromatic rings. The summed E-state index contributed by atoms with van der Waals surface area (Å²) in [5, 5.41) is 0. The first-order valence-electron chi connectivity index (χ1n) is 8.32. The van der Waals surface area contributed by atoms with E-state index in [1.165, 1.54) is 37.6 Å². The van der Waals surface area contributed by atoms with Crippen LogP contribution in [0.2, 0.25) is 0 Å². The second-order valence-electron chi connectivity index (χ2n) is 6.36. The molecule has 0 bridgehead atoms. The van der Waals surface area contributed by atoms with Gasteiger partial charge in [-0.25, -0.2) is 4.98 Å². The minimum absolute atomic E-state index is 0.645. The second kappa shape index (κ2) is 6.83. The molecule has 1 saturated carbocycles. The lowest BCUT2D eigenvalue weighted by Crippen LogP contribution is -2.20. The van der Waals surface area contributed by atoms with Crippen LogP contribution in [0.4, 0.5) is 0 Å². The van der Waals surface area contributed by atoms with Gasteiger partial charge >= 0.3 is 0 Å². The summed E-state index contributed by atoms with van der Waals surface area (Å²) in [6.45, 7) is 3.44. The minimum Gasteiger partial charge on any atom is -0.328 e. The van der Waals surface area contributed by atoms with E-state index in [1.54, 1.807) is 0 Å². The molecular weight excluding hydrogens is 280 g/mol. The third-order valence-electron chi connectivity index (χ3n) is 5.04. The van der Waals surface area contributed by atoms with Crippen molar-refractivity contribution in [2.45, 2.75) is 52.0 Å². The zero-order valence-corrected chi connectivity index (χ0v) is 13.6. The number of hydrogen-bond acceptors (Lipinski definition) is 1. The Kier molecular flexibility index (Phi) is 4.84. The highest BCUT2D eigenvalue weighted by Crippen LogP contribution is 2.32. The van der Waals surface area contributed by atoms with Gasteiger partial charge in [-0.1, -0.05) is 38.3 Å². The van der Waals surface area contributed by atoms with E-state index in [9.17, 15) is 0 Å². The summed E-state index contributed by atoms with van der Waals surface area (Å²) in [6.07, 6.45) is 7.74. The molecule has 1 fully saturated rings. The lowest BCUT2D eigenvalue weighted by Gasteiger charge is -2.28. The zero-order valence-electron chi connectivity index (χ0n) is 12.9. The third kappa shape index (κ3) is 3.26. The monoisotopic (exact) mass is 304 g/mol. The van der Waals surface area contributed by atoms with Gasteiger partial charge in [0, 0.05) is 18.8 Å². The van der Waals surface area contributed by atoms with Crippen molar-refractivity contribution < 1.29 is 0 Å². The molecule has 0 radical (unpaired) electrons. The van der Waals surface area contributed by atoms with E-state index in [0.29, 0.717) is 5.88 Å². The van der Waals surface area contributed by atoms with Crippen molar-refractivity contribution in [2.75, 3.05) is 5.88 Å². The van der Waals surface area contributed by atoms with Crippen LogP contribution in [-0.4, -0.2) is 15.4 Å². The number of nitrogens with zero attached hydrogens (tertiary/aromatic N) is 2. The average molecular weight is 305 g/mol. The van der Waals surface area contributed by atoms with Crippen LogP contribution in [0.5, 0.6) is 0 Å². The maximum absolute atomic E-state index is 5.96. The van der Waals surface area contributed by atoms with Crippen molar-refractivity contribution in [3.63, 3.8) is 0 Å². The van der Waals surface area contributed by atoms with E-state index in [1.807, 2.05) is 0 Å². The summed E-state index contributed by atoms with van der Waals surface area (Å²) in [5.74, 6) is 3.57. The number of alkyl halides is 1. The Morgan fingerprint density at radius 2 is 1.86 bits per heavy atom. The van der Waals surface area contributed by atoms with E-state index < -0.39 is 0 Å². The van der Waals surface area contributed by atoms with Gasteiger partial charge in [0.2, 0.25) is 0 Å². The van der Waals surface area contributed by atoms with Crippen molar-refractivity contribution >= 4 is 22.6 Å². The number of aromatic nitrogens is 2. The third-order valence-corrected chi connectivity index (χ3v) is 5.23. The highest BCUT2D eigenvalue weighted by atomic mass is 35.5. The Balaban J connectivity index is 1.80. The summed E-state index contributed by atoms with van der Waals surface area (Å²) in [6, 6.07) is 8.48. The normalized spacial score (nSPS) is 22.8. The van der Waals surface area contributed by atoms with Crippen LogP contribution in [-0.2, 0) is 13.0 Å². The SMILES string of the molecule is CCC1CCC(Cn2c(CCCl)nc3ccccc32)CC1. The van der Waals surface area contributed by atoms with E-state index in [0.717, 1.165) is 36.1 Å². The number of benzene rings is 1. The molecule has 21 heavy (non-hydrogen) atoms. The fourth-order valence-corrected chi connectivity index (χ4v) is 3.85. The molecule has 0 unspecified atom stereocenters. The number of halogens is 1. The fraction of sp³-hybridized carbons (Fsp3) is 0.611. The lowest BCUT2D eigenvalue weighted by atomic mass is 9.81. The minimum atomic E-state index is 0.645. The molecule has 1 aromatic heterocycles. The first-order chi connectivity index (χ1) is 10.3. The second-order valence-corrected chi connectivity index (χ2v) is 6.74. The molecule has 0 amide bonds. The first-order valence-corrected chi connectivity index (χ1v) is 8.85. The highest BCUT2D eigenvalue weighted by Gasteiger charge is 2.22. The summed E-state index contributed by atoms with van der Waals surface area (Å²) in [4.78, 5) is 4.78. The predicted octanol–water partition coefficient (Wildman–Crippen LogP) is 5.03. The van der Waals surface area contributed by atoms with Crippen LogP contribution in [0.1, 0.15) is 44.9 Å². The van der Waals surface area contributed by atoms with Gasteiger partial charge < -0.3 is 4.57 Å². The lowest BCUT2D eigenvalue weighted by molar-refractivity contribution is 0.248. The van der Waals surface area contributed by atoms with Crippen LogP contribution in [0.15, 0.2) is 24.3 Å². The highest BCUT2D eigenvalue weighted by molar-refractivity contribution is 6.17. The summed E-state index contributed by atoms with van der Waals surface area (Å²) >= 11 is 5.96. The zero-order chi connectivity index (χ0) is 14.7. The predicted molar refractivity (Wildman–Crippen MR) is 89.9 cm³/mol. The topological polar surface area (TPSA) is 17.8 Å². The van der Waals surface area contributed by atoms with E-state index in [-0.39, 0.29) is 0 Å². The fourth-order valence-electron chi connectivity index (χ4n) is 3.68. The smallest absolute Gasteiger partial charge is 0.111 e. The molecule has 1 heterocycles. The van der Waals surface area contributed by atoms with Crippen LogP contribution in [0, 0.1) is 11.8 Å². The summed E-state index contributed by atoms with van der Waals surface area (Å²) in [7, 11) is 0. The van der Waals surface area contributed by atoms with Crippen molar-refractivity contribution in [3.05, 3.63) is 30.1 Å². The molecule has 0 spiro atoms. The molecule has 0 saturated heterocycles. The van der Waals surface area contributed by atoms with Crippen LogP contribution < -0.4 is 0 Å². The number of rotatable bonds is 5. The number of para-hydroxylation sites is 2. The van der Waals surface area contributed by atoms with Crippen molar-refractivity contribution in [1.82, 2.24) is 9.55 Å². The maximum Gasteiger partial charge on any atom is 0.111 e. The van der Waals surface area contributed by atoms with Crippen molar-refractivity contribution in [1.29, 1.82) is 0 Å². The molecule has 3 rings (SSSR count). The standard InChI is InChI=1S/C18H25ClN2/c1-2-14-7-9-15(10-8-14)13-21-17-6-4-3-5-16(17)20-18(21)11-12-19/h3-6,14-15H,2,7-13H2,1H3. The molecular formula is C18H25ClN2. The van der Waals surface area contributed by atoms with Gasteiger partial charge in [0.25, 0.3) is 0 Å². The molecule has 1 aliphatic rings. The number of aryl methyl sites for hydroxylation is 1. The Labute approximate surface area is 132 Å². The molecule has 3 heteroatoms. The maximum atomic E-state index is 5.96. The summed E-state index contributed by atoms with van der Waals surface area (Å²) in [5.41, 5.74) is 2.38. The van der Waals surface area contributed by atoms with E-state index in [2.05, 4.69) is 35.8 Å². The molecule has 114 valence electrons. The Bertz CT molecular complexity index is 582. The van der Waals surface area contributed by atoms with Crippen LogP contribution in [0.25, 0.3) is 11.0 Å². The number of hydrogen-bond donors (Lipinski definition) is 0. The summed E-state index contributed by atoms with van der Waals surface area (Å²) < 4.78 is 2.43. The average Bonchev–Trinajstić information content (AvgIpc) is 2.86. The van der Waals surface area contributed by atoms with Gasteiger partial charge in [0.1, 0.15) is 5.82 Å². The molecule has 0 atom stereocenters. The van der Waals surface area contributed by atoms with Gasteiger partial charge in [0.05, 0.1) is 11.0 Å². The molecule has 0 aliphatic heterocycles. The van der Waals surface area contributed by atoms with E-state index >= 15 is 0 Å². The van der Waals surface area contributed by atoms with E-state index in [4.69, 9.17) is 16.6 Å². The number of imidazole rings is 1. The quantitative estimate of drug-likeness (QED) is 0.708. The first kappa shape index (κ1) is 14.9. The molecule has 2 nitrogen and oxygen atoms in total. The van der Waals surface area contributed by atoms with Gasteiger partial charge in [-0.15, -0.1) is 11.6 Å². The molecule has 1 aliphatic carbocycles. The molecule has 0 N–H and O–H groups in total. The largest absolute Gasteiger partial charge is 0.328 e. The molecule has 1 aromatic carbocycles. The van der Waals surface area contributed by atoms with Gasteiger partial charge in [-0.05, 0) is 36.8 Å². The van der Waals surface area contributed by atoms with Gasteiger partial charge in [0.15, 0.2) is 0 Å². The van der Waals surface area contributed by atoms with Crippen LogP contribution in [0.3, 0.4) is 0 Å². The Morgan fingerprint density at radius 1 is 1.14 bits per heavy atom. The van der Waals surface area contributed by atoms with Gasteiger partial charge in [-0.2, -0.15) is 0 Å². The van der Waals surface area contributed by atoms with Crippen LogP contribution >= 0.6 is 11.6 Å². The van der Waals surface area contributed by atoms with Gasteiger partial charge in [-0.3, -0.25) is 0 Å².